The smallest absolute Gasteiger partial charge is 0.309 e. The monoisotopic (exact) mass is 354 g/mol. The predicted octanol–water partition coefficient (Wildman–Crippen LogP) is 5.25. The molecule has 0 amide bonds. The van der Waals surface area contributed by atoms with Crippen LogP contribution in [0.1, 0.15) is 43.7 Å². The van der Waals surface area contributed by atoms with Crippen molar-refractivity contribution < 1.29 is 23.2 Å². The second-order valence-electron chi connectivity index (χ2n) is 6.39. The van der Waals surface area contributed by atoms with E-state index >= 15 is 0 Å². The SMILES string of the molecule is CCCCOC(=O)C(C)CC(=O)c1cc(-c2coc3ccccc23)co1. The van der Waals surface area contributed by atoms with Gasteiger partial charge in [0.2, 0.25) is 0 Å². The van der Waals surface area contributed by atoms with Gasteiger partial charge in [0.1, 0.15) is 5.58 Å². The fourth-order valence-electron chi connectivity index (χ4n) is 2.75. The summed E-state index contributed by atoms with van der Waals surface area (Å²) in [5, 5.41) is 0.958. The molecule has 0 N–H and O–H groups in total. The van der Waals surface area contributed by atoms with E-state index in [1.54, 1.807) is 19.3 Å². The number of Topliss-reactive ketones (excluding diaryl/α,β-unsaturated/α-hetero) is 1. The molecule has 2 aromatic heterocycles. The molecule has 1 atom stereocenters. The van der Waals surface area contributed by atoms with E-state index in [9.17, 15) is 9.59 Å². The van der Waals surface area contributed by atoms with Gasteiger partial charge in [-0.15, -0.1) is 0 Å². The van der Waals surface area contributed by atoms with Gasteiger partial charge in [0.25, 0.3) is 0 Å². The number of ether oxygens (including phenoxy) is 1. The number of hydrogen-bond donors (Lipinski definition) is 0. The summed E-state index contributed by atoms with van der Waals surface area (Å²) in [6.07, 6.45) is 5.03. The summed E-state index contributed by atoms with van der Waals surface area (Å²) in [4.78, 5) is 24.3. The van der Waals surface area contributed by atoms with Crippen LogP contribution in [-0.4, -0.2) is 18.4 Å². The third kappa shape index (κ3) is 3.87. The van der Waals surface area contributed by atoms with Crippen molar-refractivity contribution in [3.63, 3.8) is 0 Å². The lowest BCUT2D eigenvalue weighted by Gasteiger charge is -2.09. The van der Waals surface area contributed by atoms with Crippen molar-refractivity contribution in [3.8, 4) is 11.1 Å². The standard InChI is InChI=1S/C21H22O5/c1-3-4-9-24-21(23)14(2)10-18(22)20-11-15(12-25-20)17-13-26-19-8-6-5-7-16(17)19/h5-8,11-14H,3-4,9-10H2,1-2H3. The Morgan fingerprint density at radius 3 is 2.77 bits per heavy atom. The number of ketones is 1. The van der Waals surface area contributed by atoms with E-state index < -0.39 is 5.92 Å². The summed E-state index contributed by atoms with van der Waals surface area (Å²) in [6, 6.07) is 9.36. The number of carbonyl (C=O) groups is 2. The predicted molar refractivity (Wildman–Crippen MR) is 97.9 cm³/mol. The van der Waals surface area contributed by atoms with Gasteiger partial charge < -0.3 is 13.6 Å². The lowest BCUT2D eigenvalue weighted by molar-refractivity contribution is -0.147. The van der Waals surface area contributed by atoms with Crippen LogP contribution in [0.4, 0.5) is 0 Å². The Balaban J connectivity index is 1.67. The Kier molecular flexibility index (Phi) is 5.56. The maximum atomic E-state index is 12.4. The average molecular weight is 354 g/mol. The maximum absolute atomic E-state index is 12.4. The molecular formula is C21H22O5. The highest BCUT2D eigenvalue weighted by molar-refractivity contribution is 5.99. The molecule has 1 unspecified atom stereocenters. The molecule has 0 radical (unpaired) electrons. The van der Waals surface area contributed by atoms with Gasteiger partial charge in [-0.25, -0.2) is 0 Å². The normalized spacial score (nSPS) is 12.2. The molecule has 1 aromatic carbocycles. The van der Waals surface area contributed by atoms with Crippen molar-refractivity contribution >= 4 is 22.7 Å². The van der Waals surface area contributed by atoms with E-state index in [0.717, 1.165) is 34.9 Å². The molecule has 0 fully saturated rings. The topological polar surface area (TPSA) is 69.7 Å². The highest BCUT2D eigenvalue weighted by atomic mass is 16.5. The number of fused-ring (bicyclic) bond motifs is 1. The van der Waals surface area contributed by atoms with Crippen LogP contribution in [0.25, 0.3) is 22.1 Å². The van der Waals surface area contributed by atoms with E-state index in [1.807, 2.05) is 31.2 Å². The molecule has 0 aliphatic carbocycles. The number of carbonyl (C=O) groups excluding carboxylic acids is 2. The second kappa shape index (κ2) is 8.04. The zero-order valence-electron chi connectivity index (χ0n) is 15.0. The number of furan rings is 2. The summed E-state index contributed by atoms with van der Waals surface area (Å²) in [5.74, 6) is -0.829. The van der Waals surface area contributed by atoms with Gasteiger partial charge in [-0.3, -0.25) is 9.59 Å². The Morgan fingerprint density at radius 1 is 1.15 bits per heavy atom. The molecular weight excluding hydrogens is 332 g/mol. The van der Waals surface area contributed by atoms with Crippen molar-refractivity contribution in [3.05, 3.63) is 48.6 Å². The highest BCUT2D eigenvalue weighted by Crippen LogP contribution is 2.32. The molecule has 3 aromatic rings. The first-order valence-electron chi connectivity index (χ1n) is 8.85. The van der Waals surface area contributed by atoms with Gasteiger partial charge >= 0.3 is 5.97 Å². The zero-order valence-corrected chi connectivity index (χ0v) is 15.0. The molecule has 0 aliphatic heterocycles. The van der Waals surface area contributed by atoms with Crippen LogP contribution in [0, 0.1) is 5.92 Å². The lowest BCUT2D eigenvalue weighted by atomic mass is 10.0. The molecule has 0 spiro atoms. The molecule has 0 bridgehead atoms. The van der Waals surface area contributed by atoms with Gasteiger partial charge in [0, 0.05) is 22.9 Å². The fraction of sp³-hybridized carbons (Fsp3) is 0.333. The number of para-hydroxylation sites is 1. The third-order valence-electron chi connectivity index (χ3n) is 4.30. The van der Waals surface area contributed by atoms with Crippen molar-refractivity contribution in [2.75, 3.05) is 6.61 Å². The summed E-state index contributed by atoms with van der Waals surface area (Å²) >= 11 is 0. The molecule has 3 rings (SSSR count). The molecule has 0 saturated heterocycles. The minimum Gasteiger partial charge on any atom is -0.465 e. The van der Waals surface area contributed by atoms with Crippen LogP contribution in [0.3, 0.4) is 0 Å². The number of hydrogen-bond acceptors (Lipinski definition) is 5. The molecule has 5 nitrogen and oxygen atoms in total. The molecule has 26 heavy (non-hydrogen) atoms. The Labute approximate surface area is 151 Å². The largest absolute Gasteiger partial charge is 0.465 e. The summed E-state index contributed by atoms with van der Waals surface area (Å²) < 4.78 is 16.1. The van der Waals surface area contributed by atoms with Gasteiger partial charge in [0.05, 0.1) is 25.1 Å². The minimum absolute atomic E-state index is 0.0596. The minimum atomic E-state index is -0.498. The van der Waals surface area contributed by atoms with Crippen LogP contribution in [0.2, 0.25) is 0 Å². The lowest BCUT2D eigenvalue weighted by Crippen LogP contribution is -2.18. The molecule has 0 saturated carbocycles. The number of esters is 1. The van der Waals surface area contributed by atoms with Crippen LogP contribution >= 0.6 is 0 Å². The first-order valence-corrected chi connectivity index (χ1v) is 8.85. The molecule has 5 heteroatoms. The Hall–Kier alpha value is -2.82. The molecule has 2 heterocycles. The number of benzene rings is 1. The van der Waals surface area contributed by atoms with Crippen LogP contribution in [-0.2, 0) is 9.53 Å². The zero-order chi connectivity index (χ0) is 18.5. The van der Waals surface area contributed by atoms with Crippen LogP contribution in [0.5, 0.6) is 0 Å². The Morgan fingerprint density at radius 2 is 1.96 bits per heavy atom. The van der Waals surface area contributed by atoms with E-state index in [-0.39, 0.29) is 23.9 Å². The first-order chi connectivity index (χ1) is 12.6. The molecule has 0 aliphatic rings. The van der Waals surface area contributed by atoms with Gasteiger partial charge in [0.15, 0.2) is 11.5 Å². The number of unbranched alkanes of at least 4 members (excludes halogenated alkanes) is 1. The van der Waals surface area contributed by atoms with Crippen molar-refractivity contribution in [2.45, 2.75) is 33.1 Å². The van der Waals surface area contributed by atoms with Crippen molar-refractivity contribution in [1.29, 1.82) is 0 Å². The molecule has 136 valence electrons. The summed E-state index contributed by atoms with van der Waals surface area (Å²) in [7, 11) is 0. The highest BCUT2D eigenvalue weighted by Gasteiger charge is 2.22. The van der Waals surface area contributed by atoms with Crippen molar-refractivity contribution in [2.24, 2.45) is 5.92 Å². The Bertz CT molecular complexity index is 902. The second-order valence-corrected chi connectivity index (χ2v) is 6.39. The van der Waals surface area contributed by atoms with E-state index in [4.69, 9.17) is 13.6 Å². The number of rotatable bonds is 8. The van der Waals surface area contributed by atoms with Crippen molar-refractivity contribution in [1.82, 2.24) is 0 Å². The van der Waals surface area contributed by atoms with E-state index in [1.165, 1.54) is 6.26 Å². The summed E-state index contributed by atoms with van der Waals surface area (Å²) in [6.45, 7) is 4.12. The fourth-order valence-corrected chi connectivity index (χ4v) is 2.75. The van der Waals surface area contributed by atoms with Gasteiger partial charge in [-0.2, -0.15) is 0 Å². The average Bonchev–Trinajstić information content (AvgIpc) is 3.28. The maximum Gasteiger partial charge on any atom is 0.309 e. The summed E-state index contributed by atoms with van der Waals surface area (Å²) in [5.41, 5.74) is 2.42. The van der Waals surface area contributed by atoms with E-state index in [0.29, 0.717) is 6.61 Å². The first kappa shape index (κ1) is 18.0. The van der Waals surface area contributed by atoms with E-state index in [2.05, 4.69) is 0 Å². The third-order valence-corrected chi connectivity index (χ3v) is 4.30. The van der Waals surface area contributed by atoms with Gasteiger partial charge in [-0.1, -0.05) is 38.5 Å². The van der Waals surface area contributed by atoms with Gasteiger partial charge in [-0.05, 0) is 18.6 Å². The van der Waals surface area contributed by atoms with Crippen LogP contribution < -0.4 is 0 Å². The van der Waals surface area contributed by atoms with Crippen LogP contribution in [0.15, 0.2) is 51.7 Å². The quantitative estimate of drug-likeness (QED) is 0.314.